The molecule has 0 bridgehead atoms. The van der Waals surface area contributed by atoms with E-state index in [4.69, 9.17) is 0 Å². The molecule has 0 saturated heterocycles. The molecule has 134 valence electrons. The van der Waals surface area contributed by atoms with Crippen molar-refractivity contribution in [2.45, 2.75) is 37.2 Å². The second-order valence-electron chi connectivity index (χ2n) is 6.52. The van der Waals surface area contributed by atoms with Gasteiger partial charge in [-0.05, 0) is 31.9 Å². The highest BCUT2D eigenvalue weighted by Crippen LogP contribution is 2.38. The first-order valence-corrected chi connectivity index (χ1v) is 9.43. The van der Waals surface area contributed by atoms with Crippen molar-refractivity contribution < 1.29 is 9.59 Å². The van der Waals surface area contributed by atoms with E-state index in [1.807, 2.05) is 19.1 Å². The molecular formula is C18H18N4O3S. The molecule has 0 spiro atoms. The summed E-state index contributed by atoms with van der Waals surface area (Å²) >= 11 is 1.32. The van der Waals surface area contributed by atoms with Gasteiger partial charge in [-0.25, -0.2) is 4.68 Å². The molecule has 1 aromatic carbocycles. The first kappa shape index (κ1) is 16.8. The van der Waals surface area contributed by atoms with Crippen molar-refractivity contribution in [3.8, 4) is 0 Å². The number of anilines is 2. The average molecular weight is 370 g/mol. The van der Waals surface area contributed by atoms with E-state index in [9.17, 15) is 14.4 Å². The fraction of sp³-hybridized carbons (Fsp3) is 0.333. The Bertz CT molecular complexity index is 934. The summed E-state index contributed by atoms with van der Waals surface area (Å²) in [4.78, 5) is 39.7. The first-order chi connectivity index (χ1) is 12.5. The lowest BCUT2D eigenvalue weighted by atomic mass is 10.2. The third-order valence-corrected chi connectivity index (χ3v) is 5.39. The van der Waals surface area contributed by atoms with E-state index in [1.165, 1.54) is 11.8 Å². The van der Waals surface area contributed by atoms with Gasteiger partial charge in [0.1, 0.15) is 12.2 Å². The number of rotatable bonds is 4. The van der Waals surface area contributed by atoms with Gasteiger partial charge in [0.15, 0.2) is 0 Å². The largest absolute Gasteiger partial charge is 0.324 e. The summed E-state index contributed by atoms with van der Waals surface area (Å²) in [6, 6.07) is 7.51. The van der Waals surface area contributed by atoms with Gasteiger partial charge in [-0.15, -0.1) is 11.8 Å². The summed E-state index contributed by atoms with van der Waals surface area (Å²) in [6.07, 6.45) is 3.39. The Morgan fingerprint density at radius 3 is 2.69 bits per heavy atom. The van der Waals surface area contributed by atoms with Crippen molar-refractivity contribution >= 4 is 35.0 Å². The van der Waals surface area contributed by atoms with Gasteiger partial charge in [0.25, 0.3) is 5.56 Å². The van der Waals surface area contributed by atoms with Crippen LogP contribution in [0.3, 0.4) is 0 Å². The van der Waals surface area contributed by atoms with Gasteiger partial charge in [-0.1, -0.05) is 17.7 Å². The monoisotopic (exact) mass is 370 g/mol. The molecule has 4 rings (SSSR count). The number of nitrogens with zero attached hydrogens (tertiary/aromatic N) is 3. The van der Waals surface area contributed by atoms with Crippen molar-refractivity contribution in [3.05, 3.63) is 46.4 Å². The number of hydrogen-bond donors (Lipinski definition) is 1. The number of carbonyl (C=O) groups is 2. The molecule has 1 aliphatic carbocycles. The van der Waals surface area contributed by atoms with Gasteiger partial charge < -0.3 is 10.2 Å². The summed E-state index contributed by atoms with van der Waals surface area (Å²) in [6.45, 7) is 1.77. The maximum Gasteiger partial charge on any atom is 0.292 e. The van der Waals surface area contributed by atoms with E-state index < -0.39 is 5.56 Å². The highest BCUT2D eigenvalue weighted by Gasteiger charge is 2.39. The van der Waals surface area contributed by atoms with Crippen LogP contribution in [0, 0.1) is 6.92 Å². The first-order valence-electron chi connectivity index (χ1n) is 8.44. The van der Waals surface area contributed by atoms with Gasteiger partial charge in [0.05, 0.1) is 16.8 Å². The number of carbonyl (C=O) groups excluding carboxylic acids is 2. The van der Waals surface area contributed by atoms with Gasteiger partial charge in [-0.3, -0.25) is 14.4 Å². The molecule has 2 heterocycles. The third-order valence-electron chi connectivity index (χ3n) is 4.39. The molecule has 2 amide bonds. The highest BCUT2D eigenvalue weighted by molar-refractivity contribution is 8.00. The molecule has 0 radical (unpaired) electrons. The molecule has 2 aliphatic rings. The van der Waals surface area contributed by atoms with E-state index in [0.717, 1.165) is 23.1 Å². The molecule has 1 N–H and O–H groups in total. The quantitative estimate of drug-likeness (QED) is 0.887. The fourth-order valence-corrected chi connectivity index (χ4v) is 3.79. The van der Waals surface area contributed by atoms with Crippen LogP contribution in [0.1, 0.15) is 18.4 Å². The second-order valence-corrected chi connectivity index (χ2v) is 7.54. The predicted molar refractivity (Wildman–Crippen MR) is 99.5 cm³/mol. The van der Waals surface area contributed by atoms with Gasteiger partial charge in [0, 0.05) is 11.7 Å². The lowest BCUT2D eigenvalue weighted by molar-refractivity contribution is -0.117. The minimum absolute atomic E-state index is 0.0519. The standard InChI is InChI=1S/C18H18N4O3S/c1-11-2-4-12(5-3-11)20-15(23)9-21-18(25)17-14(8-19-21)26-10-16(24)22(17)13-6-7-13/h2-5,8,13H,6-7,9-10H2,1H3,(H,20,23). The summed E-state index contributed by atoms with van der Waals surface area (Å²) in [7, 11) is 0. The number of nitrogens with one attached hydrogen (secondary N) is 1. The lowest BCUT2D eigenvalue weighted by Gasteiger charge is -2.28. The van der Waals surface area contributed by atoms with Crippen LogP contribution in [0.4, 0.5) is 11.4 Å². The molecule has 1 saturated carbocycles. The van der Waals surface area contributed by atoms with Crippen LogP contribution in [0.15, 0.2) is 40.2 Å². The molecule has 1 aromatic heterocycles. The molecule has 1 aliphatic heterocycles. The summed E-state index contributed by atoms with van der Waals surface area (Å²) in [5.41, 5.74) is 1.73. The second kappa shape index (κ2) is 6.60. The van der Waals surface area contributed by atoms with E-state index in [2.05, 4.69) is 10.4 Å². The molecule has 8 heteroatoms. The third kappa shape index (κ3) is 3.24. The number of aromatic nitrogens is 2. The maximum absolute atomic E-state index is 12.8. The van der Waals surface area contributed by atoms with Crippen molar-refractivity contribution in [2.24, 2.45) is 0 Å². The predicted octanol–water partition coefficient (Wildman–Crippen LogP) is 1.79. The summed E-state index contributed by atoms with van der Waals surface area (Å²) in [5, 5.41) is 6.87. The zero-order valence-electron chi connectivity index (χ0n) is 14.3. The molecule has 0 unspecified atom stereocenters. The van der Waals surface area contributed by atoms with Crippen LogP contribution in [0.25, 0.3) is 0 Å². The van der Waals surface area contributed by atoms with Gasteiger partial charge >= 0.3 is 0 Å². The van der Waals surface area contributed by atoms with Crippen LogP contribution in [-0.2, 0) is 16.1 Å². The molecule has 0 atom stereocenters. The Morgan fingerprint density at radius 1 is 1.27 bits per heavy atom. The summed E-state index contributed by atoms with van der Waals surface area (Å²) in [5.74, 6) is -0.0668. The minimum Gasteiger partial charge on any atom is -0.324 e. The number of hydrogen-bond acceptors (Lipinski definition) is 5. The van der Waals surface area contributed by atoms with Crippen LogP contribution in [-0.4, -0.2) is 33.4 Å². The topological polar surface area (TPSA) is 84.3 Å². The van der Waals surface area contributed by atoms with Crippen LogP contribution in [0.5, 0.6) is 0 Å². The number of fused-ring (bicyclic) bond motifs is 1. The number of thioether (sulfide) groups is 1. The van der Waals surface area contributed by atoms with E-state index >= 15 is 0 Å². The zero-order valence-corrected chi connectivity index (χ0v) is 15.1. The molecule has 2 aromatic rings. The van der Waals surface area contributed by atoms with Crippen LogP contribution in [0.2, 0.25) is 0 Å². The van der Waals surface area contributed by atoms with Gasteiger partial charge in [0.2, 0.25) is 11.8 Å². The summed E-state index contributed by atoms with van der Waals surface area (Å²) < 4.78 is 1.12. The van der Waals surface area contributed by atoms with Crippen molar-refractivity contribution in [3.63, 3.8) is 0 Å². The fourth-order valence-electron chi connectivity index (χ4n) is 2.93. The Hall–Kier alpha value is -2.61. The molecule has 26 heavy (non-hydrogen) atoms. The van der Waals surface area contributed by atoms with Crippen molar-refractivity contribution in [2.75, 3.05) is 16.0 Å². The van der Waals surface area contributed by atoms with Gasteiger partial charge in [-0.2, -0.15) is 5.10 Å². The van der Waals surface area contributed by atoms with Crippen molar-refractivity contribution in [1.29, 1.82) is 0 Å². The zero-order chi connectivity index (χ0) is 18.3. The van der Waals surface area contributed by atoms with Crippen LogP contribution >= 0.6 is 11.8 Å². The number of benzene rings is 1. The Morgan fingerprint density at radius 2 is 2.00 bits per heavy atom. The minimum atomic E-state index is -0.394. The Balaban J connectivity index is 1.58. The van der Waals surface area contributed by atoms with Crippen LogP contribution < -0.4 is 15.8 Å². The van der Waals surface area contributed by atoms with E-state index in [-0.39, 0.29) is 24.4 Å². The SMILES string of the molecule is Cc1ccc(NC(=O)Cn2ncc3c(c2=O)N(C2CC2)C(=O)CS3)cc1. The average Bonchev–Trinajstić information content (AvgIpc) is 3.44. The van der Waals surface area contributed by atoms with E-state index in [0.29, 0.717) is 22.0 Å². The molecular weight excluding hydrogens is 352 g/mol. The smallest absolute Gasteiger partial charge is 0.292 e. The molecule has 1 fully saturated rings. The number of aryl methyl sites for hydroxylation is 1. The molecule has 7 nitrogen and oxygen atoms in total. The maximum atomic E-state index is 12.8. The Labute approximate surface area is 154 Å². The lowest BCUT2D eigenvalue weighted by Crippen LogP contribution is -2.43. The van der Waals surface area contributed by atoms with Crippen molar-refractivity contribution in [1.82, 2.24) is 9.78 Å². The van der Waals surface area contributed by atoms with E-state index in [1.54, 1.807) is 23.2 Å². The highest BCUT2D eigenvalue weighted by atomic mass is 32.2. The number of amides is 2. The normalized spacial score (nSPS) is 16.3. The Kier molecular flexibility index (Phi) is 4.28.